The van der Waals surface area contributed by atoms with Gasteiger partial charge >= 0.3 is 27.4 Å². The van der Waals surface area contributed by atoms with Crippen molar-refractivity contribution in [3.63, 3.8) is 0 Å². The first kappa shape index (κ1) is 13.8. The Labute approximate surface area is 93.8 Å². The van der Waals surface area contributed by atoms with E-state index in [2.05, 4.69) is 33.0 Å². The Hall–Kier alpha value is -2.15. The minimum absolute atomic E-state index is 0.841. The van der Waals surface area contributed by atoms with Gasteiger partial charge in [-0.2, -0.15) is 0 Å². The Morgan fingerprint density at radius 2 is 1.00 bits per heavy atom. The van der Waals surface area contributed by atoms with Crippen molar-refractivity contribution < 1.29 is 27.7 Å². The molecule has 16 heavy (non-hydrogen) atoms. The molecule has 0 heterocycles. The first-order chi connectivity index (χ1) is 7.53. The molecule has 0 aliphatic carbocycles. The van der Waals surface area contributed by atoms with Crippen LogP contribution in [-0.2, 0) is 27.7 Å². The topological polar surface area (TPSA) is 78.9 Å². The van der Waals surface area contributed by atoms with Crippen LogP contribution >= 0.6 is 0 Å². The third-order valence-corrected chi connectivity index (χ3v) is 2.16. The van der Waals surface area contributed by atoms with E-state index in [1.807, 2.05) is 0 Å². The molecule has 0 saturated carbocycles. The molecule has 0 fully saturated rings. The lowest BCUT2D eigenvalue weighted by Gasteiger charge is -2.09. The van der Waals surface area contributed by atoms with E-state index in [0.717, 1.165) is 18.2 Å². The van der Waals surface area contributed by atoms with E-state index in [4.69, 9.17) is 0 Å². The maximum absolute atomic E-state index is 10.8. The SMILES string of the molecule is C=CC(=O)O[Si](OC(=O)C=C)OC(=O)C=C. The Kier molecular flexibility index (Phi) is 6.21. The van der Waals surface area contributed by atoms with Gasteiger partial charge in [0, 0.05) is 18.2 Å². The van der Waals surface area contributed by atoms with Gasteiger partial charge in [-0.05, 0) is 0 Å². The smallest absolute Gasteiger partial charge is 0.448 e. The average molecular weight is 241 g/mol. The van der Waals surface area contributed by atoms with Crippen LogP contribution in [0.4, 0.5) is 0 Å². The predicted molar refractivity (Wildman–Crippen MR) is 54.6 cm³/mol. The van der Waals surface area contributed by atoms with E-state index in [1.165, 1.54) is 0 Å². The van der Waals surface area contributed by atoms with Crippen molar-refractivity contribution in [2.24, 2.45) is 0 Å². The van der Waals surface area contributed by atoms with Gasteiger partial charge in [-0.1, -0.05) is 19.7 Å². The highest BCUT2D eigenvalue weighted by atomic mass is 28.3. The zero-order chi connectivity index (χ0) is 12.6. The molecule has 6 nitrogen and oxygen atoms in total. The van der Waals surface area contributed by atoms with Crippen LogP contribution in [-0.4, -0.2) is 27.4 Å². The second kappa shape index (κ2) is 7.18. The van der Waals surface area contributed by atoms with E-state index >= 15 is 0 Å². The summed E-state index contributed by atoms with van der Waals surface area (Å²) in [6.45, 7) is 9.40. The Morgan fingerprint density at radius 3 is 1.19 bits per heavy atom. The first-order valence-corrected chi connectivity index (χ1v) is 5.15. The van der Waals surface area contributed by atoms with Crippen molar-refractivity contribution in [1.82, 2.24) is 0 Å². The second-order valence-corrected chi connectivity index (χ2v) is 3.24. The van der Waals surface area contributed by atoms with Gasteiger partial charge in [0.25, 0.3) is 0 Å². The molecule has 0 spiro atoms. The molecular formula is C9H9O6Si. The highest BCUT2D eigenvalue weighted by molar-refractivity contribution is 6.45. The monoisotopic (exact) mass is 241 g/mol. The zero-order valence-corrected chi connectivity index (χ0v) is 9.30. The van der Waals surface area contributed by atoms with E-state index in [9.17, 15) is 14.4 Å². The minimum Gasteiger partial charge on any atom is -0.448 e. The number of carbonyl (C=O) groups is 3. The summed E-state index contributed by atoms with van der Waals surface area (Å²) >= 11 is 0. The normalized spacial score (nSPS) is 8.81. The number of rotatable bonds is 6. The van der Waals surface area contributed by atoms with Crippen LogP contribution in [0.1, 0.15) is 0 Å². The van der Waals surface area contributed by atoms with Crippen LogP contribution in [0.5, 0.6) is 0 Å². The quantitative estimate of drug-likeness (QED) is 0.487. The van der Waals surface area contributed by atoms with Crippen molar-refractivity contribution in [3.8, 4) is 0 Å². The summed E-state index contributed by atoms with van der Waals surface area (Å²) in [6.07, 6.45) is 2.52. The molecule has 0 bridgehead atoms. The fraction of sp³-hybridized carbons (Fsp3) is 0. The molecule has 0 aliphatic rings. The second-order valence-electron chi connectivity index (χ2n) is 2.13. The van der Waals surface area contributed by atoms with Gasteiger partial charge in [-0.3, -0.25) is 0 Å². The summed E-state index contributed by atoms with van der Waals surface area (Å²) < 4.78 is 13.5. The van der Waals surface area contributed by atoms with Gasteiger partial charge in [0.2, 0.25) is 0 Å². The third-order valence-electron chi connectivity index (χ3n) is 1.05. The summed E-state index contributed by atoms with van der Waals surface area (Å²) in [5.74, 6) is -2.62. The van der Waals surface area contributed by atoms with Crippen molar-refractivity contribution >= 4 is 27.4 Å². The Balaban J connectivity index is 4.48. The maximum Gasteiger partial charge on any atom is 0.824 e. The number of hydrogen-bond donors (Lipinski definition) is 0. The van der Waals surface area contributed by atoms with Gasteiger partial charge in [0.15, 0.2) is 0 Å². The molecule has 0 N–H and O–H groups in total. The molecule has 0 aliphatic heterocycles. The van der Waals surface area contributed by atoms with Crippen LogP contribution in [0.3, 0.4) is 0 Å². The van der Waals surface area contributed by atoms with Gasteiger partial charge < -0.3 is 13.3 Å². The summed E-state index contributed by atoms with van der Waals surface area (Å²) in [4.78, 5) is 32.4. The lowest BCUT2D eigenvalue weighted by atomic mass is 10.7. The zero-order valence-electron chi connectivity index (χ0n) is 8.30. The van der Waals surface area contributed by atoms with Gasteiger partial charge in [-0.15, -0.1) is 0 Å². The fourth-order valence-corrected chi connectivity index (χ4v) is 1.30. The summed E-state index contributed by atoms with van der Waals surface area (Å²) in [6, 6.07) is 0. The van der Waals surface area contributed by atoms with Gasteiger partial charge in [0.1, 0.15) is 0 Å². The number of hydrogen-bond acceptors (Lipinski definition) is 6. The molecule has 1 radical (unpaired) electrons. The van der Waals surface area contributed by atoms with Crippen molar-refractivity contribution in [3.05, 3.63) is 38.0 Å². The van der Waals surface area contributed by atoms with Crippen molar-refractivity contribution in [2.75, 3.05) is 0 Å². The van der Waals surface area contributed by atoms with Crippen LogP contribution in [0.25, 0.3) is 0 Å². The molecule has 0 atom stereocenters. The largest absolute Gasteiger partial charge is 0.824 e. The molecule has 0 aromatic heterocycles. The Morgan fingerprint density at radius 1 is 0.750 bits per heavy atom. The summed E-state index contributed by atoms with van der Waals surface area (Å²) in [5, 5.41) is 0. The molecule has 0 aromatic rings. The van der Waals surface area contributed by atoms with E-state index in [1.54, 1.807) is 0 Å². The molecule has 0 amide bonds. The van der Waals surface area contributed by atoms with Crippen molar-refractivity contribution in [2.45, 2.75) is 0 Å². The standard InChI is InChI=1S/C9H9O6Si/c1-4-7(10)13-16(14-8(11)5-2)15-9(12)6-3/h4-6H,1-3H2. The minimum atomic E-state index is -2.84. The predicted octanol–water partition coefficient (Wildman–Crippen LogP) is 0.159. The van der Waals surface area contributed by atoms with Crippen LogP contribution < -0.4 is 0 Å². The average Bonchev–Trinajstić information content (AvgIpc) is 2.28. The van der Waals surface area contributed by atoms with E-state index in [0.29, 0.717) is 0 Å². The molecule has 0 unspecified atom stereocenters. The van der Waals surface area contributed by atoms with E-state index < -0.39 is 27.4 Å². The molecule has 0 rings (SSSR count). The van der Waals surface area contributed by atoms with E-state index in [-0.39, 0.29) is 0 Å². The number of carbonyl (C=O) groups excluding carboxylic acids is 3. The first-order valence-electron chi connectivity index (χ1n) is 3.93. The van der Waals surface area contributed by atoms with Crippen LogP contribution in [0.2, 0.25) is 0 Å². The molecule has 0 aromatic carbocycles. The van der Waals surface area contributed by atoms with Crippen LogP contribution in [0.15, 0.2) is 38.0 Å². The fourth-order valence-electron chi connectivity index (χ4n) is 0.434. The lowest BCUT2D eigenvalue weighted by molar-refractivity contribution is -0.141. The highest BCUT2D eigenvalue weighted by Crippen LogP contribution is 1.97. The summed E-state index contributed by atoms with van der Waals surface area (Å²) in [7, 11) is -2.84. The van der Waals surface area contributed by atoms with Crippen LogP contribution in [0, 0.1) is 0 Å². The summed E-state index contributed by atoms with van der Waals surface area (Å²) in [5.41, 5.74) is 0. The molecular weight excluding hydrogens is 232 g/mol. The lowest BCUT2D eigenvalue weighted by Crippen LogP contribution is -2.33. The molecule has 85 valence electrons. The highest BCUT2D eigenvalue weighted by Gasteiger charge is 2.32. The molecule has 7 heteroatoms. The molecule has 0 saturated heterocycles. The Bertz CT molecular complexity index is 283. The maximum atomic E-state index is 10.8. The van der Waals surface area contributed by atoms with Gasteiger partial charge in [-0.25, -0.2) is 14.4 Å². The van der Waals surface area contributed by atoms with Crippen molar-refractivity contribution in [1.29, 1.82) is 0 Å². The van der Waals surface area contributed by atoms with Gasteiger partial charge in [0.05, 0.1) is 0 Å². The third kappa shape index (κ3) is 5.55.